The van der Waals surface area contributed by atoms with Crippen LogP contribution in [-0.4, -0.2) is 20.3 Å². The van der Waals surface area contributed by atoms with Crippen molar-refractivity contribution in [3.05, 3.63) is 34.5 Å². The summed E-state index contributed by atoms with van der Waals surface area (Å²) in [5, 5.41) is 10.0. The van der Waals surface area contributed by atoms with E-state index in [1.807, 2.05) is 19.1 Å². The van der Waals surface area contributed by atoms with Crippen LogP contribution in [0.4, 0.5) is 5.82 Å². The zero-order valence-corrected chi connectivity index (χ0v) is 15.2. The van der Waals surface area contributed by atoms with E-state index >= 15 is 0 Å². The second kappa shape index (κ2) is 6.07. The number of benzene rings is 1. The zero-order chi connectivity index (χ0) is 16.5. The van der Waals surface area contributed by atoms with Gasteiger partial charge in [0.1, 0.15) is 25.7 Å². The van der Waals surface area contributed by atoms with Gasteiger partial charge in [0.25, 0.3) is 0 Å². The predicted molar refractivity (Wildman–Crippen MR) is 94.2 cm³/mol. The third kappa shape index (κ3) is 3.29. The number of nitrogens with zero attached hydrogens (tertiary/aromatic N) is 1. The number of halogens is 1. The van der Waals surface area contributed by atoms with Gasteiger partial charge in [-0.1, -0.05) is 31.2 Å². The quantitative estimate of drug-likeness (QED) is 0.792. The van der Waals surface area contributed by atoms with Gasteiger partial charge in [-0.25, -0.2) is 0 Å². The fourth-order valence-corrected chi connectivity index (χ4v) is 3.60. The number of nitrogens with one attached hydrogen (secondary N) is 2. The van der Waals surface area contributed by atoms with Crippen molar-refractivity contribution in [1.29, 1.82) is 5.26 Å². The maximum Gasteiger partial charge on any atom is 0.145 e. The first-order chi connectivity index (χ1) is 10.3. The molecule has 0 fully saturated rings. The molecule has 0 aliphatic carbocycles. The van der Waals surface area contributed by atoms with E-state index in [2.05, 4.69) is 35.7 Å². The van der Waals surface area contributed by atoms with Gasteiger partial charge in [0, 0.05) is 11.1 Å². The topological polar surface area (TPSA) is 60.8 Å². The van der Waals surface area contributed by atoms with Crippen LogP contribution in [0, 0.1) is 18.3 Å². The number of anilines is 1. The van der Waals surface area contributed by atoms with E-state index in [-0.39, 0.29) is 0 Å². The monoisotopic (exact) mass is 333 g/mol. The minimum Gasteiger partial charge on any atom is -0.497 e. The molecule has 22 heavy (non-hydrogen) atoms. The lowest BCUT2D eigenvalue weighted by Crippen LogP contribution is -2.32. The van der Waals surface area contributed by atoms with Crippen LogP contribution in [0.25, 0.3) is 11.1 Å². The highest BCUT2D eigenvalue weighted by Crippen LogP contribution is 2.38. The summed E-state index contributed by atoms with van der Waals surface area (Å²) in [6.07, 6.45) is 0. The summed E-state index contributed by atoms with van der Waals surface area (Å²) in [5.41, 5.74) is 3.20. The molecule has 2 N–H and O–H groups in total. The summed E-state index contributed by atoms with van der Waals surface area (Å²) < 4.78 is 5.18. The van der Waals surface area contributed by atoms with Crippen LogP contribution in [-0.2, 0) is 0 Å². The molecule has 1 aromatic heterocycles. The Labute approximate surface area is 137 Å². The first-order valence-electron chi connectivity index (χ1n) is 7.01. The maximum absolute atomic E-state index is 9.44. The van der Waals surface area contributed by atoms with Gasteiger partial charge in [-0.3, -0.25) is 0 Å². The second-order valence-electron chi connectivity index (χ2n) is 6.21. The smallest absolute Gasteiger partial charge is 0.145 e. The summed E-state index contributed by atoms with van der Waals surface area (Å²) in [4.78, 5) is 6.70. The van der Waals surface area contributed by atoms with E-state index in [4.69, 9.17) is 16.3 Å². The number of hydrogen-bond acceptors (Lipinski definition) is 3. The number of ether oxygens (including phenoxy) is 1. The fraction of sp³-hybridized carbons (Fsp3) is 0.312. The molecule has 6 heteroatoms. The molecule has 0 saturated heterocycles. The summed E-state index contributed by atoms with van der Waals surface area (Å²) in [6, 6.07) is 7.72. The molecule has 116 valence electrons. The number of aromatic nitrogens is 1. The molecule has 0 aliphatic rings. The third-order valence-corrected chi connectivity index (χ3v) is 4.62. The molecule has 0 amide bonds. The molecule has 1 heterocycles. The van der Waals surface area contributed by atoms with E-state index in [9.17, 15) is 5.26 Å². The van der Waals surface area contributed by atoms with Crippen LogP contribution in [0.5, 0.6) is 5.75 Å². The van der Waals surface area contributed by atoms with Crippen molar-refractivity contribution < 1.29 is 4.74 Å². The van der Waals surface area contributed by atoms with Crippen molar-refractivity contribution in [2.45, 2.75) is 26.6 Å². The van der Waals surface area contributed by atoms with Gasteiger partial charge < -0.3 is 14.7 Å². The Hall–Kier alpha value is -1.90. The number of H-pyrrole nitrogens is 1. The molecule has 2 aromatic rings. The Morgan fingerprint density at radius 2 is 2.00 bits per heavy atom. The van der Waals surface area contributed by atoms with Gasteiger partial charge in [0.05, 0.1) is 18.0 Å². The Morgan fingerprint density at radius 1 is 1.32 bits per heavy atom. The minimum absolute atomic E-state index is 0.519. The second-order valence-corrected chi connectivity index (χ2v) is 11.4. The van der Waals surface area contributed by atoms with E-state index in [1.165, 1.54) is 0 Å². The van der Waals surface area contributed by atoms with Crippen molar-refractivity contribution in [2.24, 2.45) is 0 Å². The number of hydrogen-bond donors (Lipinski definition) is 2. The first kappa shape index (κ1) is 16.5. The average Bonchev–Trinajstić information content (AvgIpc) is 2.73. The molecular formula is C16H20ClN3OSi. The summed E-state index contributed by atoms with van der Waals surface area (Å²) in [5.74, 6) is 1.60. The average molecular weight is 334 g/mol. The van der Waals surface area contributed by atoms with E-state index < -0.39 is 8.24 Å². The van der Waals surface area contributed by atoms with Crippen molar-refractivity contribution in [2.75, 3.05) is 12.1 Å². The highest BCUT2D eigenvalue weighted by atomic mass is 35.5. The standard InChI is InChI=1S/C16H20ClN3OSi/c1-10-15(12-7-6-11(21-2)8-13(12)17)14(9-18)19-16(10)20-22(3,4)5/h6-8,19-20H,1-5H3. The van der Waals surface area contributed by atoms with Crippen molar-refractivity contribution >= 4 is 25.7 Å². The maximum atomic E-state index is 9.44. The van der Waals surface area contributed by atoms with Gasteiger partial charge >= 0.3 is 0 Å². The first-order valence-corrected chi connectivity index (χ1v) is 10.9. The number of rotatable bonds is 4. The van der Waals surface area contributed by atoms with Crippen molar-refractivity contribution in [1.82, 2.24) is 4.98 Å². The third-order valence-electron chi connectivity index (χ3n) is 3.31. The molecule has 0 aliphatic heterocycles. The van der Waals surface area contributed by atoms with Gasteiger partial charge in [0.15, 0.2) is 0 Å². The van der Waals surface area contributed by atoms with Gasteiger partial charge in [-0.15, -0.1) is 0 Å². The molecule has 0 unspecified atom stereocenters. The Balaban J connectivity index is 2.58. The number of nitriles is 1. The molecule has 0 spiro atoms. The molecule has 2 rings (SSSR count). The Bertz CT molecular complexity index is 741. The van der Waals surface area contributed by atoms with Crippen LogP contribution in [0.1, 0.15) is 11.3 Å². The molecule has 0 bridgehead atoms. The van der Waals surface area contributed by atoms with Crippen LogP contribution in [0.3, 0.4) is 0 Å². The number of methoxy groups -OCH3 is 1. The van der Waals surface area contributed by atoms with Gasteiger partial charge in [-0.05, 0) is 30.7 Å². The van der Waals surface area contributed by atoms with E-state index in [1.54, 1.807) is 13.2 Å². The van der Waals surface area contributed by atoms with Crippen LogP contribution < -0.4 is 9.72 Å². The molecule has 4 nitrogen and oxygen atoms in total. The highest BCUT2D eigenvalue weighted by molar-refractivity contribution is 6.79. The Morgan fingerprint density at radius 3 is 2.50 bits per heavy atom. The van der Waals surface area contributed by atoms with E-state index in [0.717, 1.165) is 22.5 Å². The Kier molecular flexibility index (Phi) is 4.54. The molecule has 0 atom stereocenters. The normalized spacial score (nSPS) is 11.1. The molecule has 0 radical (unpaired) electrons. The zero-order valence-electron chi connectivity index (χ0n) is 13.5. The summed E-state index contributed by atoms with van der Waals surface area (Å²) in [7, 11) is 0.0761. The molecular weight excluding hydrogens is 314 g/mol. The van der Waals surface area contributed by atoms with Gasteiger partial charge in [0.2, 0.25) is 0 Å². The predicted octanol–water partition coefficient (Wildman–Crippen LogP) is 4.77. The summed E-state index contributed by atoms with van der Waals surface area (Å²) in [6.45, 7) is 8.62. The summed E-state index contributed by atoms with van der Waals surface area (Å²) >= 11 is 6.37. The van der Waals surface area contributed by atoms with Crippen LogP contribution in [0.15, 0.2) is 18.2 Å². The SMILES string of the molecule is COc1ccc(-c2c(C#N)[nH]c(N[Si](C)(C)C)c2C)c(Cl)c1. The number of aromatic amines is 1. The van der Waals surface area contributed by atoms with Crippen molar-refractivity contribution in [3.8, 4) is 22.9 Å². The van der Waals surface area contributed by atoms with Crippen LogP contribution >= 0.6 is 11.6 Å². The lowest BCUT2D eigenvalue weighted by Gasteiger charge is -2.19. The lowest BCUT2D eigenvalue weighted by atomic mass is 10.0. The van der Waals surface area contributed by atoms with Gasteiger partial charge in [-0.2, -0.15) is 5.26 Å². The van der Waals surface area contributed by atoms with E-state index in [0.29, 0.717) is 16.5 Å². The van der Waals surface area contributed by atoms with Crippen molar-refractivity contribution in [3.63, 3.8) is 0 Å². The molecule has 0 saturated carbocycles. The highest BCUT2D eigenvalue weighted by Gasteiger charge is 2.21. The van der Waals surface area contributed by atoms with Crippen LogP contribution in [0.2, 0.25) is 24.7 Å². The lowest BCUT2D eigenvalue weighted by molar-refractivity contribution is 0.415. The fourth-order valence-electron chi connectivity index (χ4n) is 2.34. The molecule has 1 aromatic carbocycles. The largest absolute Gasteiger partial charge is 0.497 e. The minimum atomic E-state index is -1.52.